The monoisotopic (exact) mass is 432 g/mol. The van der Waals surface area contributed by atoms with Crippen LogP contribution in [0.15, 0.2) is 24.5 Å². The van der Waals surface area contributed by atoms with Gasteiger partial charge in [0.2, 0.25) is 11.8 Å². The molecule has 0 bridgehead atoms. The zero-order valence-corrected chi connectivity index (χ0v) is 17.3. The maximum atomic E-state index is 13.1. The fourth-order valence-electron chi connectivity index (χ4n) is 4.50. The van der Waals surface area contributed by atoms with Crippen molar-refractivity contribution in [2.75, 3.05) is 32.8 Å². The van der Waals surface area contributed by atoms with Crippen molar-refractivity contribution in [1.29, 1.82) is 0 Å². The van der Waals surface area contributed by atoms with Crippen molar-refractivity contribution >= 4 is 24.2 Å². The zero-order valence-electron chi connectivity index (χ0n) is 17.3. The Morgan fingerprint density at radius 1 is 1.23 bits per heavy atom. The second-order valence-electron chi connectivity index (χ2n) is 7.79. The average Bonchev–Trinajstić information content (AvgIpc) is 3.03. The van der Waals surface area contributed by atoms with Gasteiger partial charge in [0.15, 0.2) is 0 Å². The molecule has 1 saturated carbocycles. The predicted octanol–water partition coefficient (Wildman–Crippen LogP) is 0.141. The highest BCUT2D eigenvalue weighted by molar-refractivity contribution is 5.94. The van der Waals surface area contributed by atoms with Crippen LogP contribution < -0.4 is 5.32 Å². The molecule has 3 heterocycles. The first-order valence-electron chi connectivity index (χ1n) is 10.5. The molecule has 3 fully saturated rings. The highest BCUT2D eigenvalue weighted by Crippen LogP contribution is 2.34. The molecule has 1 aliphatic carbocycles. The number of ether oxygens (including phenoxy) is 1. The Labute approximate surface area is 180 Å². The van der Waals surface area contributed by atoms with Crippen LogP contribution in [0.3, 0.4) is 0 Å². The van der Waals surface area contributed by atoms with Gasteiger partial charge >= 0.3 is 0 Å². The van der Waals surface area contributed by atoms with Crippen LogP contribution in [-0.4, -0.2) is 89.0 Å². The lowest BCUT2D eigenvalue weighted by molar-refractivity contribution is -0.144. The van der Waals surface area contributed by atoms with Gasteiger partial charge in [-0.1, -0.05) is 0 Å². The van der Waals surface area contributed by atoms with E-state index >= 15 is 0 Å². The van der Waals surface area contributed by atoms with E-state index in [0.717, 1.165) is 19.3 Å². The Kier molecular flexibility index (Phi) is 7.94. The summed E-state index contributed by atoms with van der Waals surface area (Å²) in [6.45, 7) is 2.12. The lowest BCUT2D eigenvalue weighted by atomic mass is 9.81. The fraction of sp³-hybridized carbons (Fsp3) is 0.571. The number of carbonyl (C=O) groups excluding carboxylic acids is 3. The van der Waals surface area contributed by atoms with Gasteiger partial charge < -0.3 is 25.0 Å². The minimum absolute atomic E-state index is 0.0254. The Balaban J connectivity index is 0.000000858. The minimum atomic E-state index is -0.250. The summed E-state index contributed by atoms with van der Waals surface area (Å²) < 4.78 is 5.91. The summed E-state index contributed by atoms with van der Waals surface area (Å²) in [5, 5.41) is 9.70. The standard InChI is InChI=1S/C20H26N4O4.CH2O2/c25-18-13-23(9-1-6-22-18)19(26)15-2-3-17-16(12-15)24(10-11-28-17)20(27)14-4-7-21-8-5-14;2-1-3/h4-5,7-8,15-17H,1-3,6,9-13H2,(H,22,25);1H,(H,2,3)/t15-,16+,17+;/m0./s1. The molecule has 168 valence electrons. The van der Waals surface area contributed by atoms with E-state index < -0.39 is 0 Å². The number of morpholine rings is 1. The Hall–Kier alpha value is -3.01. The minimum Gasteiger partial charge on any atom is -0.483 e. The summed E-state index contributed by atoms with van der Waals surface area (Å²) in [6, 6.07) is 3.32. The molecular weight excluding hydrogens is 404 g/mol. The van der Waals surface area contributed by atoms with E-state index in [0.29, 0.717) is 38.2 Å². The summed E-state index contributed by atoms with van der Waals surface area (Å²) in [5.74, 6) is -0.294. The highest BCUT2D eigenvalue weighted by Gasteiger charge is 2.43. The summed E-state index contributed by atoms with van der Waals surface area (Å²) in [7, 11) is 0. The molecule has 0 aromatic carbocycles. The molecule has 1 aromatic rings. The van der Waals surface area contributed by atoms with Crippen molar-refractivity contribution < 1.29 is 29.0 Å². The largest absolute Gasteiger partial charge is 0.483 e. The molecule has 4 rings (SSSR count). The van der Waals surface area contributed by atoms with Gasteiger partial charge in [0, 0.05) is 43.5 Å². The van der Waals surface area contributed by atoms with Gasteiger partial charge in [-0.2, -0.15) is 0 Å². The zero-order chi connectivity index (χ0) is 22.2. The SMILES string of the molecule is O=C1CN(C(=O)[C@H]2CC[C@H]3OCCN(C(=O)c4ccncc4)[C@@H]3C2)CCCN1.O=CO. The average molecular weight is 432 g/mol. The molecule has 10 nitrogen and oxygen atoms in total. The predicted molar refractivity (Wildman–Crippen MR) is 109 cm³/mol. The van der Waals surface area contributed by atoms with Crippen LogP contribution in [0, 0.1) is 5.92 Å². The van der Waals surface area contributed by atoms with Gasteiger partial charge in [-0.15, -0.1) is 0 Å². The summed E-state index contributed by atoms with van der Waals surface area (Å²) in [4.78, 5) is 53.8. The summed E-state index contributed by atoms with van der Waals surface area (Å²) in [5.41, 5.74) is 0.605. The van der Waals surface area contributed by atoms with Gasteiger partial charge in [0.25, 0.3) is 12.4 Å². The number of hydrogen-bond acceptors (Lipinski definition) is 6. The number of amides is 3. The number of carbonyl (C=O) groups is 4. The highest BCUT2D eigenvalue weighted by atomic mass is 16.5. The lowest BCUT2D eigenvalue weighted by Gasteiger charge is -2.46. The van der Waals surface area contributed by atoms with Crippen molar-refractivity contribution in [3.05, 3.63) is 30.1 Å². The Morgan fingerprint density at radius 3 is 2.71 bits per heavy atom. The van der Waals surface area contributed by atoms with Crippen molar-refractivity contribution in [2.45, 2.75) is 37.8 Å². The second-order valence-corrected chi connectivity index (χ2v) is 7.79. The Morgan fingerprint density at radius 2 is 1.97 bits per heavy atom. The first-order chi connectivity index (χ1) is 15.0. The number of hydrogen-bond donors (Lipinski definition) is 2. The van der Waals surface area contributed by atoms with E-state index in [1.54, 1.807) is 29.4 Å². The van der Waals surface area contributed by atoms with Gasteiger partial charge in [0.1, 0.15) is 0 Å². The number of fused-ring (bicyclic) bond motifs is 1. The molecular formula is C21H28N4O6. The third-order valence-corrected chi connectivity index (χ3v) is 5.93. The second kappa shape index (κ2) is 10.9. The van der Waals surface area contributed by atoms with Crippen LogP contribution >= 0.6 is 0 Å². The molecule has 3 aliphatic rings. The van der Waals surface area contributed by atoms with Crippen molar-refractivity contribution in [2.24, 2.45) is 5.92 Å². The first kappa shape index (κ1) is 22.7. The molecule has 31 heavy (non-hydrogen) atoms. The molecule has 0 unspecified atom stereocenters. The summed E-state index contributed by atoms with van der Waals surface area (Å²) in [6.07, 6.45) is 6.03. The number of carboxylic acid groups (broad SMARTS) is 1. The van der Waals surface area contributed by atoms with Gasteiger partial charge in [-0.25, -0.2) is 0 Å². The van der Waals surface area contributed by atoms with E-state index in [9.17, 15) is 14.4 Å². The van der Waals surface area contributed by atoms with Gasteiger partial charge in [-0.05, 0) is 37.8 Å². The maximum Gasteiger partial charge on any atom is 0.290 e. The number of pyridine rings is 1. The molecule has 0 radical (unpaired) electrons. The molecule has 0 spiro atoms. The van der Waals surface area contributed by atoms with Crippen molar-refractivity contribution in [3.8, 4) is 0 Å². The van der Waals surface area contributed by atoms with Crippen molar-refractivity contribution in [1.82, 2.24) is 20.1 Å². The number of nitrogens with one attached hydrogen (secondary N) is 1. The smallest absolute Gasteiger partial charge is 0.290 e. The number of nitrogens with zero attached hydrogens (tertiary/aromatic N) is 3. The van der Waals surface area contributed by atoms with E-state index in [1.165, 1.54) is 0 Å². The van der Waals surface area contributed by atoms with E-state index in [1.807, 2.05) is 4.90 Å². The van der Waals surface area contributed by atoms with Crippen LogP contribution in [0.5, 0.6) is 0 Å². The van der Waals surface area contributed by atoms with Crippen LogP contribution in [0.4, 0.5) is 0 Å². The number of aromatic nitrogens is 1. The van der Waals surface area contributed by atoms with E-state index in [4.69, 9.17) is 14.6 Å². The molecule has 3 amide bonds. The maximum absolute atomic E-state index is 13.1. The quantitative estimate of drug-likeness (QED) is 0.636. The van der Waals surface area contributed by atoms with Crippen molar-refractivity contribution in [3.63, 3.8) is 0 Å². The van der Waals surface area contributed by atoms with Crippen LogP contribution in [0.1, 0.15) is 36.0 Å². The van der Waals surface area contributed by atoms with Gasteiger partial charge in [-0.3, -0.25) is 24.2 Å². The fourth-order valence-corrected chi connectivity index (χ4v) is 4.50. The third-order valence-electron chi connectivity index (χ3n) is 5.93. The molecule has 2 aliphatic heterocycles. The number of rotatable bonds is 2. The molecule has 3 atom stereocenters. The molecule has 10 heteroatoms. The van der Waals surface area contributed by atoms with Crippen LogP contribution in [0.25, 0.3) is 0 Å². The molecule has 1 aromatic heterocycles. The molecule has 2 saturated heterocycles. The first-order valence-corrected chi connectivity index (χ1v) is 10.5. The lowest BCUT2D eigenvalue weighted by Crippen LogP contribution is -2.57. The van der Waals surface area contributed by atoms with Crippen LogP contribution in [-0.2, 0) is 19.1 Å². The molecule has 2 N–H and O–H groups in total. The Bertz CT molecular complexity index is 789. The van der Waals surface area contributed by atoms with Crippen LogP contribution in [0.2, 0.25) is 0 Å². The van der Waals surface area contributed by atoms with E-state index in [2.05, 4.69) is 10.3 Å². The topological polar surface area (TPSA) is 129 Å². The summed E-state index contributed by atoms with van der Waals surface area (Å²) >= 11 is 0. The van der Waals surface area contributed by atoms with E-state index in [-0.39, 0.29) is 48.8 Å². The normalized spacial score (nSPS) is 25.8. The third kappa shape index (κ3) is 5.57. The van der Waals surface area contributed by atoms with Gasteiger partial charge in [0.05, 0.1) is 25.3 Å².